The van der Waals surface area contributed by atoms with E-state index in [4.69, 9.17) is 10.7 Å². The van der Waals surface area contributed by atoms with Crippen LogP contribution in [0.3, 0.4) is 0 Å². The molecule has 0 fully saturated rings. The minimum Gasteiger partial charge on any atom is -0.390 e. The highest BCUT2D eigenvalue weighted by Crippen LogP contribution is 2.31. The Balaban J connectivity index is 1.49. The lowest BCUT2D eigenvalue weighted by Crippen LogP contribution is -2.41. The van der Waals surface area contributed by atoms with Crippen LogP contribution in [0.4, 0.5) is 5.82 Å². The number of amides is 1. The first-order valence-electron chi connectivity index (χ1n) is 14.5. The lowest BCUT2D eigenvalue weighted by molar-refractivity contribution is 0.0656. The summed E-state index contributed by atoms with van der Waals surface area (Å²) in [4.78, 5) is 24.5. The Morgan fingerprint density at radius 3 is 2.50 bits per heavy atom. The Morgan fingerprint density at radius 1 is 1.11 bits per heavy atom. The number of carbonyl (C=O) groups is 1. The number of carbonyl (C=O) groups excluding carboxylic acids is 1. The lowest BCUT2D eigenvalue weighted by Gasteiger charge is -2.30. The predicted molar refractivity (Wildman–Crippen MR) is 167 cm³/mol. The number of fused-ring (bicyclic) bond motifs is 1. The normalized spacial score (nSPS) is 12.5. The van der Waals surface area contributed by atoms with E-state index in [-0.39, 0.29) is 41.4 Å². The molecule has 4 aromatic heterocycles. The minimum absolute atomic E-state index is 0.0183. The van der Waals surface area contributed by atoms with Crippen LogP contribution in [0.2, 0.25) is 0 Å². The summed E-state index contributed by atoms with van der Waals surface area (Å²) in [7, 11) is -3.77. The van der Waals surface area contributed by atoms with Gasteiger partial charge in [-0.1, -0.05) is 50.2 Å². The van der Waals surface area contributed by atoms with Crippen LogP contribution in [0.5, 0.6) is 0 Å². The summed E-state index contributed by atoms with van der Waals surface area (Å²) in [6.07, 6.45) is 6.50. The zero-order valence-corrected chi connectivity index (χ0v) is 25.8. The number of benzene rings is 1. The van der Waals surface area contributed by atoms with Gasteiger partial charge in [0.25, 0.3) is 5.91 Å². The van der Waals surface area contributed by atoms with Gasteiger partial charge in [-0.2, -0.15) is 14.7 Å². The Bertz CT molecular complexity index is 1870. The van der Waals surface area contributed by atoms with Crippen LogP contribution in [-0.2, 0) is 22.9 Å². The number of rotatable bonds is 12. The molecule has 0 bridgehead atoms. The van der Waals surface area contributed by atoms with Gasteiger partial charge >= 0.3 is 0 Å². The Morgan fingerprint density at radius 2 is 1.89 bits per heavy atom. The average Bonchev–Trinajstić information content (AvgIpc) is 3.68. The summed E-state index contributed by atoms with van der Waals surface area (Å²) in [5, 5.41) is 20.5. The van der Waals surface area contributed by atoms with Crippen molar-refractivity contribution >= 4 is 27.2 Å². The molecular formula is C31H36N8O4S. The highest BCUT2D eigenvalue weighted by Gasteiger charge is 2.28. The van der Waals surface area contributed by atoms with E-state index in [1.807, 2.05) is 56.3 Å². The van der Waals surface area contributed by atoms with Crippen molar-refractivity contribution in [2.24, 2.45) is 0 Å². The minimum atomic E-state index is -3.77. The number of aliphatic hydroxyl groups is 1. The molecule has 1 aromatic carbocycles. The molecule has 13 heteroatoms. The second-order valence-corrected chi connectivity index (χ2v) is 12.6. The third-order valence-corrected chi connectivity index (χ3v) is 8.78. The Labute approximate surface area is 255 Å². The fraction of sp³-hybridized carbons (Fsp3) is 0.323. The first-order valence-corrected chi connectivity index (χ1v) is 16.4. The first-order chi connectivity index (χ1) is 21.2. The van der Waals surface area contributed by atoms with E-state index in [0.717, 1.165) is 29.5 Å². The van der Waals surface area contributed by atoms with Crippen molar-refractivity contribution in [3.05, 3.63) is 78.0 Å². The SMILES string of the molecule is CCCN(C(=O)c1cc(CO)[nH]n1)[C@H](CC)CCc1nc2c(-c3ccc(-c4ccccc4)nc3)cnn2c(N)c1S(C)(=O)=O. The summed E-state index contributed by atoms with van der Waals surface area (Å²) in [6, 6.07) is 15.0. The van der Waals surface area contributed by atoms with Crippen LogP contribution < -0.4 is 5.73 Å². The van der Waals surface area contributed by atoms with Gasteiger partial charge < -0.3 is 15.7 Å². The van der Waals surface area contributed by atoms with Crippen molar-refractivity contribution in [3.63, 3.8) is 0 Å². The fourth-order valence-corrected chi connectivity index (χ4v) is 6.47. The average molecular weight is 617 g/mol. The number of aromatic amines is 1. The lowest BCUT2D eigenvalue weighted by atomic mass is 10.0. The number of nitrogens with zero attached hydrogens (tertiary/aromatic N) is 6. The Kier molecular flexibility index (Phi) is 9.06. The molecule has 4 N–H and O–H groups in total. The number of nitrogens with two attached hydrogens (primary N) is 1. The quantitative estimate of drug-likeness (QED) is 0.188. The number of aryl methyl sites for hydroxylation is 1. The van der Waals surface area contributed by atoms with Gasteiger partial charge in [0.2, 0.25) is 0 Å². The first kappa shape index (κ1) is 30.8. The molecule has 1 atom stereocenters. The standard InChI is InChI=1S/C31H36N8O4S/c1-4-15-38(31(41)27-16-22(19-40)36-37-27)23(5-2)12-14-26-28(44(3,42)43)29(32)39-30(35-26)24(18-34-39)21-11-13-25(33-17-21)20-9-7-6-8-10-20/h6-11,13,16-18,23,40H,4-5,12,14-15,19,32H2,1-3H3,(H,36,37)/t23-/m1/s1. The zero-order valence-electron chi connectivity index (χ0n) is 24.9. The highest BCUT2D eigenvalue weighted by molar-refractivity contribution is 7.91. The van der Waals surface area contributed by atoms with Crippen LogP contribution in [0.25, 0.3) is 28.0 Å². The number of anilines is 1. The number of nitrogen functional groups attached to an aromatic ring is 1. The number of H-pyrrole nitrogens is 1. The molecule has 12 nitrogen and oxygen atoms in total. The number of aromatic nitrogens is 6. The van der Waals surface area contributed by atoms with E-state index >= 15 is 0 Å². The molecule has 5 rings (SSSR count). The summed E-state index contributed by atoms with van der Waals surface area (Å²) >= 11 is 0. The van der Waals surface area contributed by atoms with Gasteiger partial charge in [0.1, 0.15) is 10.7 Å². The topological polar surface area (TPSA) is 172 Å². The van der Waals surface area contributed by atoms with Gasteiger partial charge in [0, 0.05) is 41.7 Å². The van der Waals surface area contributed by atoms with Crippen molar-refractivity contribution < 1.29 is 18.3 Å². The molecule has 4 heterocycles. The molecule has 0 spiro atoms. The maximum Gasteiger partial charge on any atom is 0.274 e. The molecule has 0 aliphatic carbocycles. The number of hydrogen-bond acceptors (Lipinski definition) is 9. The summed E-state index contributed by atoms with van der Waals surface area (Å²) in [5.74, 6) is -0.277. The third kappa shape index (κ3) is 6.19. The summed E-state index contributed by atoms with van der Waals surface area (Å²) in [6.45, 7) is 4.20. The molecule has 230 valence electrons. The van der Waals surface area contributed by atoms with E-state index in [9.17, 15) is 18.3 Å². The number of pyridine rings is 1. The van der Waals surface area contributed by atoms with E-state index < -0.39 is 9.84 Å². The van der Waals surface area contributed by atoms with Crippen molar-refractivity contribution in [2.45, 2.75) is 57.1 Å². The maximum absolute atomic E-state index is 13.4. The fourth-order valence-electron chi connectivity index (χ4n) is 5.43. The molecule has 0 unspecified atom stereocenters. The van der Waals surface area contributed by atoms with Crippen LogP contribution in [0.15, 0.2) is 65.8 Å². The largest absolute Gasteiger partial charge is 0.390 e. The molecule has 1 amide bonds. The maximum atomic E-state index is 13.4. The molecule has 44 heavy (non-hydrogen) atoms. The molecule has 5 aromatic rings. The smallest absolute Gasteiger partial charge is 0.274 e. The molecular weight excluding hydrogens is 580 g/mol. The van der Waals surface area contributed by atoms with Crippen LogP contribution in [0, 0.1) is 0 Å². The van der Waals surface area contributed by atoms with Gasteiger partial charge in [0.05, 0.1) is 29.9 Å². The third-order valence-electron chi connectivity index (χ3n) is 7.59. The van der Waals surface area contributed by atoms with Gasteiger partial charge in [-0.05, 0) is 37.8 Å². The van der Waals surface area contributed by atoms with Gasteiger partial charge in [-0.3, -0.25) is 14.9 Å². The molecule has 0 saturated carbocycles. The second kappa shape index (κ2) is 12.9. The monoisotopic (exact) mass is 616 g/mol. The number of nitrogens with one attached hydrogen (secondary N) is 1. The number of hydrogen-bond donors (Lipinski definition) is 3. The predicted octanol–water partition coefficient (Wildman–Crippen LogP) is 3.92. The van der Waals surface area contributed by atoms with Gasteiger partial charge in [0.15, 0.2) is 21.2 Å². The molecule has 0 saturated heterocycles. The summed E-state index contributed by atoms with van der Waals surface area (Å²) in [5.41, 5.74) is 11.1. The molecule has 0 radical (unpaired) electrons. The van der Waals surface area contributed by atoms with Crippen LogP contribution in [-0.4, -0.2) is 73.0 Å². The van der Waals surface area contributed by atoms with Crippen molar-refractivity contribution in [1.82, 2.24) is 34.7 Å². The summed E-state index contributed by atoms with van der Waals surface area (Å²) < 4.78 is 27.3. The van der Waals surface area contributed by atoms with Gasteiger partial charge in [-0.15, -0.1) is 0 Å². The number of aliphatic hydroxyl groups excluding tert-OH is 1. The van der Waals surface area contributed by atoms with E-state index in [1.165, 1.54) is 10.6 Å². The van der Waals surface area contributed by atoms with E-state index in [1.54, 1.807) is 17.3 Å². The zero-order chi connectivity index (χ0) is 31.4. The number of sulfone groups is 1. The van der Waals surface area contributed by atoms with Crippen molar-refractivity contribution in [2.75, 3.05) is 18.5 Å². The van der Waals surface area contributed by atoms with Crippen molar-refractivity contribution in [3.8, 4) is 22.4 Å². The van der Waals surface area contributed by atoms with Crippen molar-refractivity contribution in [1.29, 1.82) is 0 Å². The van der Waals surface area contributed by atoms with Crippen LogP contribution >= 0.6 is 0 Å². The van der Waals surface area contributed by atoms with Gasteiger partial charge in [-0.25, -0.2) is 13.4 Å². The molecule has 0 aliphatic heterocycles. The second-order valence-electron chi connectivity index (χ2n) is 10.7. The highest BCUT2D eigenvalue weighted by atomic mass is 32.2. The van der Waals surface area contributed by atoms with Crippen LogP contribution in [0.1, 0.15) is 55.0 Å². The van der Waals surface area contributed by atoms with E-state index in [2.05, 4.69) is 20.3 Å². The van der Waals surface area contributed by atoms with E-state index in [0.29, 0.717) is 42.0 Å². The molecule has 0 aliphatic rings. The Hall–Kier alpha value is -4.62.